The molecule has 1 heterocycles. The summed E-state index contributed by atoms with van der Waals surface area (Å²) in [4.78, 5) is 14.7. The predicted octanol–water partition coefficient (Wildman–Crippen LogP) is 1.14. The first-order valence-corrected chi connectivity index (χ1v) is 7.14. The molecule has 1 atom stereocenters. The number of carbonyl (C=O) groups is 1. The molecule has 0 aromatic heterocycles. The van der Waals surface area contributed by atoms with E-state index in [-0.39, 0.29) is 11.8 Å². The third-order valence-corrected chi connectivity index (χ3v) is 4.45. The molecule has 4 heteroatoms. The summed E-state index contributed by atoms with van der Waals surface area (Å²) < 4.78 is 0. The van der Waals surface area contributed by atoms with Crippen molar-refractivity contribution in [1.29, 1.82) is 0 Å². The van der Waals surface area contributed by atoms with Crippen LogP contribution in [0.4, 0.5) is 0 Å². The minimum Gasteiger partial charge on any atom is -0.391 e. The molecular weight excluding hydrogens is 228 g/mol. The quantitative estimate of drug-likeness (QED) is 0.791. The zero-order chi connectivity index (χ0) is 13.3. The van der Waals surface area contributed by atoms with Gasteiger partial charge in [0.2, 0.25) is 5.91 Å². The topological polar surface area (TPSA) is 52.6 Å². The number of amides is 1. The molecule has 0 aromatic carbocycles. The highest BCUT2D eigenvalue weighted by Crippen LogP contribution is 2.31. The van der Waals surface area contributed by atoms with E-state index >= 15 is 0 Å². The van der Waals surface area contributed by atoms with Crippen molar-refractivity contribution < 1.29 is 9.90 Å². The first-order chi connectivity index (χ1) is 8.40. The third-order valence-electron chi connectivity index (χ3n) is 4.45. The summed E-state index contributed by atoms with van der Waals surface area (Å²) >= 11 is 0. The van der Waals surface area contributed by atoms with Crippen molar-refractivity contribution in [2.24, 2.45) is 5.92 Å². The van der Waals surface area contributed by atoms with E-state index < -0.39 is 11.6 Å². The number of aliphatic hydroxyl groups excluding tert-OH is 1. The summed E-state index contributed by atoms with van der Waals surface area (Å²) in [5.74, 6) is 0.231. The van der Waals surface area contributed by atoms with Crippen molar-refractivity contribution in [3.05, 3.63) is 0 Å². The van der Waals surface area contributed by atoms with E-state index in [2.05, 4.69) is 10.2 Å². The number of nitrogens with zero attached hydrogens (tertiary/aromatic N) is 1. The maximum Gasteiger partial charge on any atom is 0.223 e. The van der Waals surface area contributed by atoms with Crippen molar-refractivity contribution in [1.82, 2.24) is 10.2 Å². The molecular formula is C14H26N2O2. The highest BCUT2D eigenvalue weighted by molar-refractivity contribution is 5.79. The fourth-order valence-corrected chi connectivity index (χ4v) is 2.49. The average Bonchev–Trinajstić information content (AvgIpc) is 3.12. The van der Waals surface area contributed by atoms with E-state index in [1.807, 2.05) is 13.8 Å². The number of nitrogens with one attached hydrogen (secondary N) is 1. The van der Waals surface area contributed by atoms with Crippen LogP contribution in [0.25, 0.3) is 0 Å². The number of hydrogen-bond donors (Lipinski definition) is 2. The van der Waals surface area contributed by atoms with Crippen LogP contribution in [0.1, 0.15) is 46.5 Å². The molecule has 2 aliphatic rings. The highest BCUT2D eigenvalue weighted by atomic mass is 16.3. The van der Waals surface area contributed by atoms with Gasteiger partial charge in [0.1, 0.15) is 0 Å². The Labute approximate surface area is 110 Å². The smallest absolute Gasteiger partial charge is 0.223 e. The van der Waals surface area contributed by atoms with Gasteiger partial charge in [-0.1, -0.05) is 0 Å². The van der Waals surface area contributed by atoms with E-state index in [9.17, 15) is 9.90 Å². The number of likely N-dealkylation sites (tertiary alicyclic amines) is 1. The van der Waals surface area contributed by atoms with Crippen LogP contribution in [0.5, 0.6) is 0 Å². The first kappa shape index (κ1) is 13.8. The number of rotatable bonds is 4. The van der Waals surface area contributed by atoms with Gasteiger partial charge in [0.25, 0.3) is 0 Å². The average molecular weight is 254 g/mol. The van der Waals surface area contributed by atoms with Gasteiger partial charge in [0.15, 0.2) is 0 Å². The van der Waals surface area contributed by atoms with Gasteiger partial charge in [-0.05, 0) is 59.5 Å². The van der Waals surface area contributed by atoms with E-state index in [4.69, 9.17) is 0 Å². The lowest BCUT2D eigenvalue weighted by atomic mass is 9.92. The van der Waals surface area contributed by atoms with E-state index in [1.165, 1.54) is 12.8 Å². The number of hydrogen-bond acceptors (Lipinski definition) is 3. The zero-order valence-electron chi connectivity index (χ0n) is 11.8. The fraction of sp³-hybridized carbons (Fsp3) is 0.929. The molecule has 1 amide bonds. The summed E-state index contributed by atoms with van der Waals surface area (Å²) in [6.45, 7) is 7.56. The highest BCUT2D eigenvalue weighted by Gasteiger charge is 2.35. The van der Waals surface area contributed by atoms with Crippen LogP contribution in [0.15, 0.2) is 0 Å². The molecule has 4 nitrogen and oxygen atoms in total. The maximum atomic E-state index is 12.2. The molecule has 1 saturated carbocycles. The Bertz CT molecular complexity index is 303. The van der Waals surface area contributed by atoms with Crippen molar-refractivity contribution in [2.75, 3.05) is 13.1 Å². The second-order valence-electron chi connectivity index (χ2n) is 6.43. The van der Waals surface area contributed by atoms with Gasteiger partial charge >= 0.3 is 0 Å². The normalized spacial score (nSPS) is 24.9. The Morgan fingerprint density at radius 1 is 1.28 bits per heavy atom. The predicted molar refractivity (Wildman–Crippen MR) is 71.2 cm³/mol. The van der Waals surface area contributed by atoms with Gasteiger partial charge in [0.05, 0.1) is 11.6 Å². The minimum atomic E-state index is -0.537. The van der Waals surface area contributed by atoms with E-state index in [0.717, 1.165) is 32.0 Å². The zero-order valence-corrected chi connectivity index (χ0v) is 11.8. The lowest BCUT2D eigenvalue weighted by Crippen LogP contribution is -2.53. The summed E-state index contributed by atoms with van der Waals surface area (Å²) in [6, 6.07) is 0.808. The van der Waals surface area contributed by atoms with Crippen LogP contribution >= 0.6 is 0 Å². The van der Waals surface area contributed by atoms with Crippen LogP contribution in [-0.4, -0.2) is 46.7 Å². The Kier molecular flexibility index (Phi) is 3.97. The number of piperidine rings is 1. The molecule has 1 aliphatic carbocycles. The Morgan fingerprint density at radius 3 is 2.28 bits per heavy atom. The maximum absolute atomic E-state index is 12.2. The molecule has 2 rings (SSSR count). The van der Waals surface area contributed by atoms with Gasteiger partial charge in [-0.15, -0.1) is 0 Å². The van der Waals surface area contributed by atoms with Crippen LogP contribution in [0.3, 0.4) is 0 Å². The Morgan fingerprint density at radius 2 is 1.83 bits per heavy atom. The van der Waals surface area contributed by atoms with Crippen molar-refractivity contribution in [3.63, 3.8) is 0 Å². The SMILES string of the molecule is CC(O)C(C)(C)NC(=O)C1CCN(C2CC2)CC1. The lowest BCUT2D eigenvalue weighted by Gasteiger charge is -2.35. The second kappa shape index (κ2) is 5.17. The lowest BCUT2D eigenvalue weighted by molar-refractivity contribution is -0.129. The molecule has 0 aromatic rings. The van der Waals surface area contributed by atoms with Gasteiger partial charge in [-0.25, -0.2) is 0 Å². The summed E-state index contributed by atoms with van der Waals surface area (Å²) in [7, 11) is 0. The van der Waals surface area contributed by atoms with Gasteiger partial charge in [-0.3, -0.25) is 4.79 Å². The minimum absolute atomic E-state index is 0.108. The monoisotopic (exact) mass is 254 g/mol. The molecule has 0 radical (unpaired) electrons. The van der Waals surface area contributed by atoms with Crippen molar-refractivity contribution >= 4 is 5.91 Å². The molecule has 1 saturated heterocycles. The molecule has 0 bridgehead atoms. The van der Waals surface area contributed by atoms with Gasteiger partial charge in [-0.2, -0.15) is 0 Å². The van der Waals surface area contributed by atoms with E-state index in [1.54, 1.807) is 6.92 Å². The molecule has 104 valence electrons. The molecule has 0 spiro atoms. The molecule has 2 N–H and O–H groups in total. The van der Waals surface area contributed by atoms with Gasteiger partial charge < -0.3 is 15.3 Å². The summed E-state index contributed by atoms with van der Waals surface area (Å²) in [6.07, 6.45) is 4.06. The molecule has 2 fully saturated rings. The summed E-state index contributed by atoms with van der Waals surface area (Å²) in [5, 5.41) is 12.6. The van der Waals surface area contributed by atoms with Crippen molar-refractivity contribution in [2.45, 2.75) is 64.1 Å². The third kappa shape index (κ3) is 3.23. The Balaban J connectivity index is 1.80. The van der Waals surface area contributed by atoms with E-state index in [0.29, 0.717) is 0 Å². The number of aliphatic hydroxyl groups is 1. The molecule has 18 heavy (non-hydrogen) atoms. The van der Waals surface area contributed by atoms with Crippen molar-refractivity contribution in [3.8, 4) is 0 Å². The molecule has 1 aliphatic heterocycles. The van der Waals surface area contributed by atoms with Crippen LogP contribution in [0, 0.1) is 5.92 Å². The first-order valence-electron chi connectivity index (χ1n) is 7.14. The standard InChI is InChI=1S/C14H26N2O2/c1-10(17)14(2,3)15-13(18)11-6-8-16(9-7-11)12-4-5-12/h10-12,17H,4-9H2,1-3H3,(H,15,18). The van der Waals surface area contributed by atoms with Crippen LogP contribution < -0.4 is 5.32 Å². The van der Waals surface area contributed by atoms with Crippen LogP contribution in [0.2, 0.25) is 0 Å². The van der Waals surface area contributed by atoms with Gasteiger partial charge in [0, 0.05) is 12.0 Å². The Hall–Kier alpha value is -0.610. The second-order valence-corrected chi connectivity index (χ2v) is 6.43. The largest absolute Gasteiger partial charge is 0.391 e. The molecule has 1 unspecified atom stereocenters. The summed E-state index contributed by atoms with van der Waals surface area (Å²) in [5.41, 5.74) is -0.537. The number of carbonyl (C=O) groups excluding carboxylic acids is 1. The van der Waals surface area contributed by atoms with Crippen LogP contribution in [-0.2, 0) is 4.79 Å². The fourth-order valence-electron chi connectivity index (χ4n) is 2.49.